The predicted molar refractivity (Wildman–Crippen MR) is 50.9 cm³/mol. The van der Waals surface area contributed by atoms with Gasteiger partial charge in [-0.25, -0.2) is 13.1 Å². The normalized spacial score (nSPS) is 21.1. The van der Waals surface area contributed by atoms with E-state index in [4.69, 9.17) is 5.11 Å². The quantitative estimate of drug-likeness (QED) is 0.746. The molecule has 0 aromatic rings. The van der Waals surface area contributed by atoms with E-state index in [1.165, 1.54) is 0 Å². The molecule has 1 rings (SSSR count). The maximum absolute atomic E-state index is 12.0. The number of halogens is 2. The molecule has 2 N–H and O–H groups in total. The molecule has 0 spiro atoms. The van der Waals surface area contributed by atoms with Crippen LogP contribution in [0.2, 0.25) is 0 Å². The standard InChI is InChI=1S/C8H15F2NO3S/c9-7(10)15(13,14)11-5-8(6-12)3-1-2-4-8/h7,11-12H,1-6H2. The van der Waals surface area contributed by atoms with Gasteiger partial charge in [-0.2, -0.15) is 8.78 Å². The number of hydrogen-bond donors (Lipinski definition) is 2. The Labute approximate surface area is 87.7 Å². The number of aliphatic hydroxyl groups excluding tert-OH is 1. The minimum atomic E-state index is -4.53. The van der Waals surface area contributed by atoms with Crippen molar-refractivity contribution in [1.29, 1.82) is 0 Å². The molecule has 0 radical (unpaired) electrons. The minimum Gasteiger partial charge on any atom is -0.396 e. The zero-order chi connectivity index (χ0) is 11.5. The first-order valence-corrected chi connectivity index (χ1v) is 6.34. The molecule has 0 aromatic heterocycles. The average Bonchev–Trinajstić information content (AvgIpc) is 2.64. The summed E-state index contributed by atoms with van der Waals surface area (Å²) in [6.45, 7) is -0.269. The van der Waals surface area contributed by atoms with Gasteiger partial charge in [-0.1, -0.05) is 12.8 Å². The van der Waals surface area contributed by atoms with E-state index in [0.29, 0.717) is 12.8 Å². The lowest BCUT2D eigenvalue weighted by atomic mass is 9.88. The van der Waals surface area contributed by atoms with E-state index in [1.54, 1.807) is 0 Å². The molecule has 0 aromatic carbocycles. The highest BCUT2D eigenvalue weighted by Crippen LogP contribution is 2.37. The average molecular weight is 243 g/mol. The molecule has 0 atom stereocenters. The van der Waals surface area contributed by atoms with Gasteiger partial charge in [0.1, 0.15) is 0 Å². The Morgan fingerprint density at radius 1 is 1.33 bits per heavy atom. The van der Waals surface area contributed by atoms with Crippen molar-refractivity contribution in [2.45, 2.75) is 31.4 Å². The van der Waals surface area contributed by atoms with Crippen molar-refractivity contribution >= 4 is 10.0 Å². The molecule has 1 aliphatic rings. The van der Waals surface area contributed by atoms with E-state index in [9.17, 15) is 17.2 Å². The second-order valence-electron chi connectivity index (χ2n) is 3.99. The summed E-state index contributed by atoms with van der Waals surface area (Å²) in [4.78, 5) is 0. The molecule has 0 saturated heterocycles. The van der Waals surface area contributed by atoms with Gasteiger partial charge in [0, 0.05) is 18.6 Å². The topological polar surface area (TPSA) is 66.4 Å². The van der Waals surface area contributed by atoms with Crippen molar-refractivity contribution in [1.82, 2.24) is 4.72 Å². The molecule has 0 unspecified atom stereocenters. The second-order valence-corrected chi connectivity index (χ2v) is 5.73. The summed E-state index contributed by atoms with van der Waals surface area (Å²) in [6, 6.07) is 0. The van der Waals surface area contributed by atoms with Gasteiger partial charge < -0.3 is 5.11 Å². The molecular weight excluding hydrogens is 228 g/mol. The highest BCUT2D eigenvalue weighted by molar-refractivity contribution is 7.89. The first kappa shape index (κ1) is 12.8. The highest BCUT2D eigenvalue weighted by atomic mass is 32.2. The molecule has 1 fully saturated rings. The fourth-order valence-corrected chi connectivity index (χ4v) is 2.47. The summed E-state index contributed by atoms with van der Waals surface area (Å²) < 4.78 is 47.5. The van der Waals surface area contributed by atoms with E-state index in [0.717, 1.165) is 12.8 Å². The maximum Gasteiger partial charge on any atom is 0.350 e. The fourth-order valence-electron chi connectivity index (χ4n) is 1.83. The molecule has 7 heteroatoms. The first-order valence-electron chi connectivity index (χ1n) is 4.79. The van der Waals surface area contributed by atoms with E-state index >= 15 is 0 Å². The van der Waals surface area contributed by atoms with Crippen molar-refractivity contribution in [3.63, 3.8) is 0 Å². The Hall–Kier alpha value is -0.270. The summed E-state index contributed by atoms with van der Waals surface area (Å²) in [7, 11) is -4.53. The SMILES string of the molecule is O=S(=O)(NCC1(CO)CCCC1)C(F)F. The summed E-state index contributed by atoms with van der Waals surface area (Å²) in [6.07, 6.45) is 3.15. The third kappa shape index (κ3) is 3.09. The van der Waals surface area contributed by atoms with Crippen LogP contribution in [0.15, 0.2) is 0 Å². The third-order valence-corrected chi connectivity index (χ3v) is 3.90. The van der Waals surface area contributed by atoms with Crippen molar-refractivity contribution < 1.29 is 22.3 Å². The Morgan fingerprint density at radius 2 is 1.87 bits per heavy atom. The lowest BCUT2D eigenvalue weighted by Gasteiger charge is -2.26. The van der Waals surface area contributed by atoms with Crippen LogP contribution in [0.3, 0.4) is 0 Å². The minimum absolute atomic E-state index is 0.101. The number of aliphatic hydroxyl groups is 1. The molecule has 0 heterocycles. The summed E-state index contributed by atoms with van der Waals surface area (Å²) >= 11 is 0. The maximum atomic E-state index is 12.0. The lowest BCUT2D eigenvalue weighted by Crippen LogP contribution is -2.40. The van der Waals surface area contributed by atoms with Crippen LogP contribution < -0.4 is 4.72 Å². The van der Waals surface area contributed by atoms with Crippen LogP contribution in [0.1, 0.15) is 25.7 Å². The molecule has 1 saturated carbocycles. The smallest absolute Gasteiger partial charge is 0.350 e. The van der Waals surface area contributed by atoms with Gasteiger partial charge in [0.15, 0.2) is 0 Å². The Balaban J connectivity index is 2.55. The van der Waals surface area contributed by atoms with Crippen molar-refractivity contribution in [2.24, 2.45) is 5.41 Å². The predicted octanol–water partition coefficient (Wildman–Crippen LogP) is 0.681. The van der Waals surface area contributed by atoms with Crippen LogP contribution in [-0.4, -0.2) is 32.4 Å². The van der Waals surface area contributed by atoms with Gasteiger partial charge in [-0.05, 0) is 12.8 Å². The van der Waals surface area contributed by atoms with Gasteiger partial charge in [-0.3, -0.25) is 0 Å². The van der Waals surface area contributed by atoms with E-state index in [1.807, 2.05) is 4.72 Å². The van der Waals surface area contributed by atoms with Crippen LogP contribution in [0.5, 0.6) is 0 Å². The molecule has 15 heavy (non-hydrogen) atoms. The number of hydrogen-bond acceptors (Lipinski definition) is 3. The molecule has 0 bridgehead atoms. The molecule has 1 aliphatic carbocycles. The van der Waals surface area contributed by atoms with Crippen LogP contribution in [0.4, 0.5) is 8.78 Å². The number of nitrogens with one attached hydrogen (secondary N) is 1. The zero-order valence-electron chi connectivity index (χ0n) is 8.25. The zero-order valence-corrected chi connectivity index (χ0v) is 9.06. The van der Waals surface area contributed by atoms with Gasteiger partial charge >= 0.3 is 5.76 Å². The second kappa shape index (κ2) is 4.71. The Morgan fingerprint density at radius 3 is 2.27 bits per heavy atom. The van der Waals surface area contributed by atoms with Gasteiger partial charge in [0.25, 0.3) is 10.0 Å². The monoisotopic (exact) mass is 243 g/mol. The van der Waals surface area contributed by atoms with Crippen LogP contribution in [-0.2, 0) is 10.0 Å². The first-order chi connectivity index (χ1) is 6.92. The molecule has 4 nitrogen and oxygen atoms in total. The summed E-state index contributed by atoms with van der Waals surface area (Å²) in [5.41, 5.74) is -0.540. The Bertz CT molecular complexity index is 299. The van der Waals surface area contributed by atoms with Crippen molar-refractivity contribution in [3.05, 3.63) is 0 Å². The van der Waals surface area contributed by atoms with Gasteiger partial charge in [-0.15, -0.1) is 0 Å². The van der Waals surface area contributed by atoms with Crippen LogP contribution >= 0.6 is 0 Å². The number of rotatable bonds is 5. The molecule has 0 amide bonds. The molecular formula is C8H15F2NO3S. The van der Waals surface area contributed by atoms with Crippen molar-refractivity contribution in [3.8, 4) is 0 Å². The van der Waals surface area contributed by atoms with Crippen LogP contribution in [0, 0.1) is 5.41 Å². The number of alkyl halides is 2. The lowest BCUT2D eigenvalue weighted by molar-refractivity contribution is 0.133. The fraction of sp³-hybridized carbons (Fsp3) is 1.00. The van der Waals surface area contributed by atoms with Crippen molar-refractivity contribution in [2.75, 3.05) is 13.2 Å². The van der Waals surface area contributed by atoms with Gasteiger partial charge in [0.2, 0.25) is 0 Å². The van der Waals surface area contributed by atoms with Gasteiger partial charge in [0.05, 0.1) is 0 Å². The summed E-state index contributed by atoms with van der Waals surface area (Å²) in [5.74, 6) is -3.41. The number of sulfonamides is 1. The van der Waals surface area contributed by atoms with E-state index in [2.05, 4.69) is 0 Å². The van der Waals surface area contributed by atoms with Crippen LogP contribution in [0.25, 0.3) is 0 Å². The Kier molecular flexibility index (Phi) is 4.02. The van der Waals surface area contributed by atoms with E-state index in [-0.39, 0.29) is 13.2 Å². The van der Waals surface area contributed by atoms with E-state index < -0.39 is 21.2 Å². The summed E-state index contributed by atoms with van der Waals surface area (Å²) in [5, 5.41) is 9.13. The highest BCUT2D eigenvalue weighted by Gasteiger charge is 2.35. The molecule has 90 valence electrons. The largest absolute Gasteiger partial charge is 0.396 e. The molecule has 0 aliphatic heterocycles. The third-order valence-electron chi connectivity index (χ3n) is 2.88.